The number of hydrogen-bond acceptors (Lipinski definition) is 5. The highest BCUT2D eigenvalue weighted by molar-refractivity contribution is 7.90. The Morgan fingerprint density at radius 3 is 2.62 bits per heavy atom. The van der Waals surface area contributed by atoms with Crippen molar-refractivity contribution < 1.29 is 13.2 Å². The molecule has 5 nitrogen and oxygen atoms in total. The van der Waals surface area contributed by atoms with Crippen molar-refractivity contribution in [1.29, 1.82) is 0 Å². The molecule has 0 N–H and O–H groups in total. The third-order valence-corrected chi connectivity index (χ3v) is 2.13. The molecule has 13 heavy (non-hydrogen) atoms. The molecule has 0 atom stereocenters. The summed E-state index contributed by atoms with van der Waals surface area (Å²) in [5.74, 6) is 0.438. The molecule has 1 heterocycles. The Morgan fingerprint density at radius 2 is 2.08 bits per heavy atom. The van der Waals surface area contributed by atoms with Crippen LogP contribution in [0.1, 0.15) is 0 Å². The highest BCUT2D eigenvalue weighted by atomic mass is 32.2. The molecule has 71 valence electrons. The lowest BCUT2D eigenvalue weighted by Gasteiger charge is -2.02. The van der Waals surface area contributed by atoms with Crippen LogP contribution in [0.4, 0.5) is 0 Å². The van der Waals surface area contributed by atoms with Crippen LogP contribution in [0.15, 0.2) is 12.4 Å². The molecular formula is C7H9N2O3S. The number of aromatic nitrogens is 2. The molecule has 0 aliphatic rings. The molecule has 1 radical (unpaired) electrons. The topological polar surface area (TPSA) is 69.2 Å². The minimum absolute atomic E-state index is 0.00832. The van der Waals surface area contributed by atoms with Gasteiger partial charge in [0.2, 0.25) is 0 Å². The molecule has 6 heteroatoms. The summed E-state index contributed by atoms with van der Waals surface area (Å²) < 4.78 is 26.5. The summed E-state index contributed by atoms with van der Waals surface area (Å²) >= 11 is 0. The van der Waals surface area contributed by atoms with Gasteiger partial charge in [-0.1, -0.05) is 0 Å². The van der Waals surface area contributed by atoms with Gasteiger partial charge in [-0.2, -0.15) is 0 Å². The molecular weight excluding hydrogens is 192 g/mol. The number of nitrogens with zero attached hydrogens (tertiary/aromatic N) is 2. The van der Waals surface area contributed by atoms with E-state index in [1.807, 2.05) is 0 Å². The van der Waals surface area contributed by atoms with Crippen molar-refractivity contribution in [1.82, 2.24) is 9.97 Å². The van der Waals surface area contributed by atoms with Crippen LogP contribution in [-0.4, -0.2) is 37.0 Å². The summed E-state index contributed by atoms with van der Waals surface area (Å²) in [5, 5.41) is 0. The monoisotopic (exact) mass is 201 g/mol. The SMILES string of the molecule is CS(=O)(=O)CCOc1cn[c]nc1. The second kappa shape index (κ2) is 4.18. The lowest BCUT2D eigenvalue weighted by Crippen LogP contribution is -2.12. The van der Waals surface area contributed by atoms with Crippen LogP contribution in [-0.2, 0) is 9.84 Å². The smallest absolute Gasteiger partial charge is 0.197 e. The first-order valence-corrected chi connectivity index (χ1v) is 5.62. The second-order valence-corrected chi connectivity index (χ2v) is 4.76. The van der Waals surface area contributed by atoms with Gasteiger partial charge < -0.3 is 4.74 Å². The van der Waals surface area contributed by atoms with E-state index in [0.29, 0.717) is 5.75 Å². The first-order valence-electron chi connectivity index (χ1n) is 3.56. The van der Waals surface area contributed by atoms with Gasteiger partial charge in [-0.25, -0.2) is 18.4 Å². The minimum atomic E-state index is -2.97. The van der Waals surface area contributed by atoms with E-state index in [1.54, 1.807) is 0 Å². The lowest BCUT2D eigenvalue weighted by atomic mass is 10.6. The van der Waals surface area contributed by atoms with Gasteiger partial charge in [0, 0.05) is 6.26 Å². The van der Waals surface area contributed by atoms with Crippen molar-refractivity contribution in [3.05, 3.63) is 18.7 Å². The van der Waals surface area contributed by atoms with Crippen molar-refractivity contribution in [3.8, 4) is 5.75 Å². The van der Waals surface area contributed by atoms with E-state index in [0.717, 1.165) is 6.26 Å². The van der Waals surface area contributed by atoms with Gasteiger partial charge in [0.05, 0.1) is 18.1 Å². The fourth-order valence-electron chi connectivity index (χ4n) is 0.637. The first kappa shape index (κ1) is 9.91. The Morgan fingerprint density at radius 1 is 1.46 bits per heavy atom. The molecule has 0 spiro atoms. The molecule has 0 fully saturated rings. The van der Waals surface area contributed by atoms with Crippen LogP contribution < -0.4 is 4.74 Å². The molecule has 0 aliphatic carbocycles. The van der Waals surface area contributed by atoms with E-state index in [-0.39, 0.29) is 12.4 Å². The van der Waals surface area contributed by atoms with Gasteiger partial charge in [0.25, 0.3) is 0 Å². The molecule has 0 saturated carbocycles. The van der Waals surface area contributed by atoms with Gasteiger partial charge >= 0.3 is 0 Å². The van der Waals surface area contributed by atoms with Crippen molar-refractivity contribution in [3.63, 3.8) is 0 Å². The van der Waals surface area contributed by atoms with E-state index in [1.165, 1.54) is 12.4 Å². The van der Waals surface area contributed by atoms with E-state index >= 15 is 0 Å². The lowest BCUT2D eigenvalue weighted by molar-refractivity contribution is 0.338. The average molecular weight is 201 g/mol. The van der Waals surface area contributed by atoms with Crippen molar-refractivity contribution in [2.75, 3.05) is 18.6 Å². The summed E-state index contributed by atoms with van der Waals surface area (Å²) in [6.07, 6.45) is 6.35. The zero-order chi connectivity index (χ0) is 9.73. The maximum absolute atomic E-state index is 10.7. The predicted molar refractivity (Wildman–Crippen MR) is 46.1 cm³/mol. The van der Waals surface area contributed by atoms with Crippen molar-refractivity contribution in [2.24, 2.45) is 0 Å². The van der Waals surface area contributed by atoms with Gasteiger partial charge in [0.1, 0.15) is 6.61 Å². The summed E-state index contributed by atoms with van der Waals surface area (Å²) in [6, 6.07) is 0. The fourth-order valence-corrected chi connectivity index (χ4v) is 1.02. The van der Waals surface area contributed by atoms with Gasteiger partial charge in [-0.15, -0.1) is 0 Å². The van der Waals surface area contributed by atoms with Crippen LogP contribution in [0.2, 0.25) is 0 Å². The van der Waals surface area contributed by atoms with Gasteiger partial charge in [-0.3, -0.25) is 0 Å². The third-order valence-electron chi connectivity index (χ3n) is 1.22. The van der Waals surface area contributed by atoms with Crippen LogP contribution >= 0.6 is 0 Å². The maximum Gasteiger partial charge on any atom is 0.197 e. The maximum atomic E-state index is 10.7. The summed E-state index contributed by atoms with van der Waals surface area (Å²) in [7, 11) is -2.97. The molecule has 1 aromatic heterocycles. The number of sulfone groups is 1. The highest BCUT2D eigenvalue weighted by Gasteiger charge is 2.02. The quantitative estimate of drug-likeness (QED) is 0.669. The molecule has 1 aromatic rings. The van der Waals surface area contributed by atoms with Gasteiger partial charge in [-0.05, 0) is 0 Å². The Bertz CT molecular complexity index is 349. The first-order chi connectivity index (χ1) is 6.08. The normalized spacial score (nSPS) is 11.2. The Labute approximate surface area is 76.7 Å². The highest BCUT2D eigenvalue weighted by Crippen LogP contribution is 2.03. The third kappa shape index (κ3) is 4.41. The number of ether oxygens (including phenoxy) is 1. The van der Waals surface area contributed by atoms with Crippen molar-refractivity contribution in [2.45, 2.75) is 0 Å². The molecule has 0 saturated heterocycles. The van der Waals surface area contributed by atoms with E-state index < -0.39 is 9.84 Å². The average Bonchev–Trinajstić information content (AvgIpc) is 2.04. The molecule has 1 rings (SSSR count). The molecule has 0 unspecified atom stereocenters. The summed E-state index contributed by atoms with van der Waals surface area (Å²) in [6.45, 7) is 0.117. The Balaban J connectivity index is 2.37. The molecule has 0 aliphatic heterocycles. The van der Waals surface area contributed by atoms with Crippen LogP contribution in [0.25, 0.3) is 0 Å². The number of rotatable bonds is 4. The van der Waals surface area contributed by atoms with E-state index in [9.17, 15) is 8.42 Å². The molecule has 0 amide bonds. The van der Waals surface area contributed by atoms with Crippen molar-refractivity contribution >= 4 is 9.84 Å². The zero-order valence-corrected chi connectivity index (χ0v) is 7.91. The Hall–Kier alpha value is -1.17. The molecule has 0 bridgehead atoms. The minimum Gasteiger partial charge on any atom is -0.489 e. The Kier molecular flexibility index (Phi) is 3.18. The molecule has 0 aromatic carbocycles. The van der Waals surface area contributed by atoms with Crippen LogP contribution in [0, 0.1) is 6.33 Å². The summed E-state index contributed by atoms with van der Waals surface area (Å²) in [5.41, 5.74) is 0. The zero-order valence-electron chi connectivity index (χ0n) is 7.10. The van der Waals surface area contributed by atoms with Crippen LogP contribution in [0.3, 0.4) is 0 Å². The predicted octanol–water partition coefficient (Wildman–Crippen LogP) is -0.300. The fraction of sp³-hybridized carbons (Fsp3) is 0.429. The number of hydrogen-bond donors (Lipinski definition) is 0. The second-order valence-electron chi connectivity index (χ2n) is 2.50. The van der Waals surface area contributed by atoms with Gasteiger partial charge in [0.15, 0.2) is 21.9 Å². The van der Waals surface area contributed by atoms with E-state index in [2.05, 4.69) is 16.3 Å². The van der Waals surface area contributed by atoms with E-state index in [4.69, 9.17) is 4.74 Å². The standard InChI is InChI=1S/C7H9N2O3S/c1-13(10,11)3-2-12-7-4-8-6-9-5-7/h4-5H,2-3H2,1H3. The largest absolute Gasteiger partial charge is 0.489 e. The van der Waals surface area contributed by atoms with Crippen LogP contribution in [0.5, 0.6) is 5.75 Å². The summed E-state index contributed by atoms with van der Waals surface area (Å²) in [4.78, 5) is 7.18.